The van der Waals surface area contributed by atoms with E-state index in [0.29, 0.717) is 29.8 Å². The molecule has 2 aromatic rings. The van der Waals surface area contributed by atoms with Crippen molar-refractivity contribution < 1.29 is 13.2 Å². The van der Waals surface area contributed by atoms with Crippen LogP contribution in [0.5, 0.6) is 5.75 Å². The summed E-state index contributed by atoms with van der Waals surface area (Å²) in [5, 5.41) is 2.18. The Morgan fingerprint density at radius 1 is 1.07 bits per heavy atom. The fourth-order valence-corrected chi connectivity index (χ4v) is 6.50. The third kappa shape index (κ3) is 4.13. The Hall–Kier alpha value is -1.41. The number of sulfonamides is 1. The maximum absolute atomic E-state index is 13.0. The minimum Gasteiger partial charge on any atom is -0.491 e. The van der Waals surface area contributed by atoms with E-state index >= 15 is 0 Å². The number of thiophene rings is 1. The average molecular weight is 421 g/mol. The van der Waals surface area contributed by atoms with E-state index in [9.17, 15) is 8.42 Å². The van der Waals surface area contributed by atoms with E-state index < -0.39 is 10.0 Å². The zero-order valence-corrected chi connectivity index (χ0v) is 18.1. The van der Waals surface area contributed by atoms with E-state index in [4.69, 9.17) is 4.74 Å². The van der Waals surface area contributed by atoms with E-state index in [-0.39, 0.29) is 6.10 Å². The second kappa shape index (κ2) is 8.14. The molecular weight excluding hydrogens is 392 g/mol. The van der Waals surface area contributed by atoms with Crippen LogP contribution in [0.4, 0.5) is 0 Å². The van der Waals surface area contributed by atoms with Crippen LogP contribution in [-0.4, -0.2) is 49.4 Å². The molecule has 7 heteroatoms. The minimum atomic E-state index is -3.44. The predicted molar refractivity (Wildman–Crippen MR) is 112 cm³/mol. The molecule has 0 aliphatic carbocycles. The maximum Gasteiger partial charge on any atom is 0.243 e. The van der Waals surface area contributed by atoms with Gasteiger partial charge in [0.25, 0.3) is 0 Å². The third-order valence-corrected chi connectivity index (χ3v) is 8.55. The summed E-state index contributed by atoms with van der Waals surface area (Å²) in [6, 6.07) is 9.50. The molecule has 3 heterocycles. The molecule has 0 amide bonds. The second-order valence-electron chi connectivity index (χ2n) is 7.86. The number of hydrogen-bond acceptors (Lipinski definition) is 5. The molecule has 5 nitrogen and oxygen atoms in total. The van der Waals surface area contributed by atoms with Gasteiger partial charge in [-0.2, -0.15) is 4.31 Å². The van der Waals surface area contributed by atoms with E-state index in [1.54, 1.807) is 28.6 Å². The van der Waals surface area contributed by atoms with Crippen LogP contribution in [-0.2, 0) is 23.0 Å². The van der Waals surface area contributed by atoms with Crippen LogP contribution >= 0.6 is 11.3 Å². The fourth-order valence-electron chi connectivity index (χ4n) is 4.14. The number of piperidine rings is 1. The molecule has 1 saturated heterocycles. The van der Waals surface area contributed by atoms with Gasteiger partial charge in [-0.3, -0.25) is 4.90 Å². The standard InChI is InChI=1S/C21H28N2O3S2/c1-16(2)26-19-3-5-20(6-4-19)28(24,25)23-12-7-18(8-13-23)22-11-9-21-17(15-22)10-14-27-21/h3-6,10,14,16,18H,7-9,11-13,15H2,1-2H3. The Labute approximate surface area is 172 Å². The molecule has 1 aromatic heterocycles. The van der Waals surface area contributed by atoms with Crippen LogP contribution in [0.15, 0.2) is 40.6 Å². The summed E-state index contributed by atoms with van der Waals surface area (Å²) >= 11 is 1.86. The number of fused-ring (bicyclic) bond motifs is 1. The van der Waals surface area contributed by atoms with Crippen molar-refractivity contribution in [2.24, 2.45) is 0 Å². The van der Waals surface area contributed by atoms with E-state index in [0.717, 1.165) is 32.4 Å². The second-order valence-corrected chi connectivity index (χ2v) is 10.8. The van der Waals surface area contributed by atoms with Crippen LogP contribution in [0.1, 0.15) is 37.1 Å². The molecule has 152 valence electrons. The molecule has 0 atom stereocenters. The molecule has 0 bridgehead atoms. The lowest BCUT2D eigenvalue weighted by atomic mass is 10.0. The largest absolute Gasteiger partial charge is 0.491 e. The Morgan fingerprint density at radius 2 is 1.79 bits per heavy atom. The molecule has 0 saturated carbocycles. The van der Waals surface area contributed by atoms with Crippen LogP contribution in [0.3, 0.4) is 0 Å². The lowest BCUT2D eigenvalue weighted by molar-refractivity contribution is 0.127. The summed E-state index contributed by atoms with van der Waals surface area (Å²) in [6.45, 7) is 7.18. The predicted octanol–water partition coefficient (Wildman–Crippen LogP) is 3.75. The van der Waals surface area contributed by atoms with Gasteiger partial charge in [0.1, 0.15) is 5.75 Å². The molecule has 0 radical (unpaired) electrons. The highest BCUT2D eigenvalue weighted by atomic mass is 32.2. The lowest BCUT2D eigenvalue weighted by Crippen LogP contribution is -2.47. The molecular formula is C21H28N2O3S2. The molecule has 1 aromatic carbocycles. The number of ether oxygens (including phenoxy) is 1. The zero-order chi connectivity index (χ0) is 19.7. The Kier molecular flexibility index (Phi) is 5.78. The molecule has 0 N–H and O–H groups in total. The van der Waals surface area contributed by atoms with Gasteiger partial charge in [0.15, 0.2) is 0 Å². The first-order valence-electron chi connectivity index (χ1n) is 9.99. The molecule has 28 heavy (non-hydrogen) atoms. The molecule has 1 fully saturated rings. The lowest BCUT2D eigenvalue weighted by Gasteiger charge is -2.39. The summed E-state index contributed by atoms with van der Waals surface area (Å²) in [4.78, 5) is 4.40. The van der Waals surface area contributed by atoms with Crippen LogP contribution < -0.4 is 4.74 Å². The van der Waals surface area contributed by atoms with Crippen molar-refractivity contribution in [2.45, 2.75) is 56.7 Å². The Bertz CT molecular complexity index is 898. The highest BCUT2D eigenvalue weighted by Gasteiger charge is 2.32. The third-order valence-electron chi connectivity index (χ3n) is 5.61. The SMILES string of the molecule is CC(C)Oc1ccc(S(=O)(=O)N2CCC(N3CCc4sccc4C3)CC2)cc1. The van der Waals surface area contributed by atoms with Crippen LogP contribution in [0.25, 0.3) is 0 Å². The van der Waals surface area contributed by atoms with Crippen molar-refractivity contribution in [3.63, 3.8) is 0 Å². The Morgan fingerprint density at radius 3 is 2.46 bits per heavy atom. The highest BCUT2D eigenvalue weighted by molar-refractivity contribution is 7.89. The monoisotopic (exact) mass is 420 g/mol. The van der Waals surface area contributed by atoms with Gasteiger partial charge in [-0.1, -0.05) is 0 Å². The number of rotatable bonds is 5. The summed E-state index contributed by atoms with van der Waals surface area (Å²) in [6.07, 6.45) is 2.98. The zero-order valence-electron chi connectivity index (χ0n) is 16.5. The topological polar surface area (TPSA) is 49.9 Å². The molecule has 2 aliphatic heterocycles. The van der Waals surface area contributed by atoms with Gasteiger partial charge in [-0.25, -0.2) is 8.42 Å². The average Bonchev–Trinajstić information content (AvgIpc) is 3.16. The first-order chi connectivity index (χ1) is 13.4. The molecule has 0 unspecified atom stereocenters. The van der Waals surface area contributed by atoms with Gasteiger partial charge in [0.05, 0.1) is 11.0 Å². The normalized spacial score (nSPS) is 19.7. The van der Waals surface area contributed by atoms with Crippen molar-refractivity contribution in [3.8, 4) is 5.75 Å². The van der Waals surface area contributed by atoms with Crippen molar-refractivity contribution in [2.75, 3.05) is 19.6 Å². The Balaban J connectivity index is 1.37. The van der Waals surface area contributed by atoms with Crippen LogP contribution in [0, 0.1) is 0 Å². The first kappa shape index (κ1) is 19.9. The van der Waals surface area contributed by atoms with Gasteiger partial charge in [-0.15, -0.1) is 11.3 Å². The smallest absolute Gasteiger partial charge is 0.243 e. The molecule has 0 spiro atoms. The van der Waals surface area contributed by atoms with Gasteiger partial charge in [0, 0.05) is 37.1 Å². The van der Waals surface area contributed by atoms with Gasteiger partial charge >= 0.3 is 0 Å². The van der Waals surface area contributed by atoms with Crippen molar-refractivity contribution in [1.29, 1.82) is 0 Å². The van der Waals surface area contributed by atoms with Crippen molar-refractivity contribution in [1.82, 2.24) is 9.21 Å². The van der Waals surface area contributed by atoms with E-state index in [1.807, 2.05) is 25.2 Å². The summed E-state index contributed by atoms with van der Waals surface area (Å²) in [5.41, 5.74) is 1.45. The number of benzene rings is 1. The summed E-state index contributed by atoms with van der Waals surface area (Å²) in [7, 11) is -3.44. The fraction of sp³-hybridized carbons (Fsp3) is 0.524. The van der Waals surface area contributed by atoms with E-state index in [1.165, 1.54) is 10.4 Å². The number of nitrogens with zero attached hydrogens (tertiary/aromatic N) is 2. The van der Waals surface area contributed by atoms with Crippen LogP contribution in [0.2, 0.25) is 0 Å². The van der Waals surface area contributed by atoms with E-state index in [2.05, 4.69) is 16.3 Å². The van der Waals surface area contributed by atoms with Crippen molar-refractivity contribution in [3.05, 3.63) is 46.2 Å². The first-order valence-corrected chi connectivity index (χ1v) is 12.3. The van der Waals surface area contributed by atoms with Gasteiger partial charge in [0.2, 0.25) is 10.0 Å². The minimum absolute atomic E-state index is 0.0708. The van der Waals surface area contributed by atoms with Crippen molar-refractivity contribution >= 4 is 21.4 Å². The molecule has 4 rings (SSSR count). The quantitative estimate of drug-likeness (QED) is 0.739. The number of hydrogen-bond donors (Lipinski definition) is 0. The maximum atomic E-state index is 13.0. The van der Waals surface area contributed by atoms with Gasteiger partial charge < -0.3 is 4.74 Å². The highest BCUT2D eigenvalue weighted by Crippen LogP contribution is 2.29. The molecule has 2 aliphatic rings. The summed E-state index contributed by atoms with van der Waals surface area (Å²) in [5.74, 6) is 0.700. The van der Waals surface area contributed by atoms with Gasteiger partial charge in [-0.05, 0) is 74.4 Å². The summed E-state index contributed by atoms with van der Waals surface area (Å²) < 4.78 is 33.3.